The van der Waals surface area contributed by atoms with Crippen LogP contribution in [0.4, 0.5) is 8.78 Å². The molecule has 0 bridgehead atoms. The minimum Gasteiger partial charge on any atom is -0.330 e. The lowest BCUT2D eigenvalue weighted by Gasteiger charge is -2.03. The van der Waals surface area contributed by atoms with E-state index in [4.69, 9.17) is 5.73 Å². The molecule has 0 amide bonds. The van der Waals surface area contributed by atoms with Gasteiger partial charge < -0.3 is 10.3 Å². The topological polar surface area (TPSA) is 43.8 Å². The Balaban J connectivity index is 2.88. The second kappa shape index (κ2) is 3.62. The van der Waals surface area contributed by atoms with Gasteiger partial charge in [-0.25, -0.2) is 13.8 Å². The van der Waals surface area contributed by atoms with Crippen LogP contribution in [-0.2, 0) is 13.5 Å². The molecule has 0 aromatic carbocycles. The van der Waals surface area contributed by atoms with Gasteiger partial charge in [0.05, 0.1) is 0 Å². The summed E-state index contributed by atoms with van der Waals surface area (Å²) in [7, 11) is 1.57. The van der Waals surface area contributed by atoms with Crippen LogP contribution in [0.15, 0.2) is 6.20 Å². The summed E-state index contributed by atoms with van der Waals surface area (Å²) in [4.78, 5) is 3.59. The second-order valence-electron chi connectivity index (χ2n) is 2.51. The van der Waals surface area contributed by atoms with E-state index in [1.807, 2.05) is 0 Å². The van der Waals surface area contributed by atoms with Crippen LogP contribution in [-0.4, -0.2) is 16.1 Å². The fourth-order valence-electron chi connectivity index (χ4n) is 1.04. The summed E-state index contributed by atoms with van der Waals surface area (Å²) in [5, 5.41) is 0. The van der Waals surface area contributed by atoms with Crippen molar-refractivity contribution < 1.29 is 8.78 Å². The SMILES string of the molecule is Cn1c(CCN)cnc1C(F)F. The molecular weight excluding hydrogens is 164 g/mol. The van der Waals surface area contributed by atoms with Crippen molar-refractivity contribution in [2.24, 2.45) is 12.8 Å². The minimum absolute atomic E-state index is 0.196. The van der Waals surface area contributed by atoms with Crippen LogP contribution >= 0.6 is 0 Å². The summed E-state index contributed by atoms with van der Waals surface area (Å²) in [6.07, 6.45) is -0.494. The number of nitrogens with zero attached hydrogens (tertiary/aromatic N) is 2. The van der Waals surface area contributed by atoms with Crippen LogP contribution in [0.5, 0.6) is 0 Å². The molecule has 0 aliphatic heterocycles. The second-order valence-corrected chi connectivity index (χ2v) is 2.51. The van der Waals surface area contributed by atoms with Crippen molar-refractivity contribution in [3.63, 3.8) is 0 Å². The average molecular weight is 175 g/mol. The van der Waals surface area contributed by atoms with Gasteiger partial charge in [-0.05, 0) is 6.54 Å². The van der Waals surface area contributed by atoms with Gasteiger partial charge in [0.1, 0.15) is 0 Å². The van der Waals surface area contributed by atoms with E-state index in [0.717, 1.165) is 5.69 Å². The molecule has 0 unspecified atom stereocenters. The van der Waals surface area contributed by atoms with Gasteiger partial charge in [-0.1, -0.05) is 0 Å². The molecule has 0 fully saturated rings. The summed E-state index contributed by atoms with van der Waals surface area (Å²) in [5.74, 6) is -0.196. The quantitative estimate of drug-likeness (QED) is 0.740. The molecule has 0 aliphatic carbocycles. The fraction of sp³-hybridized carbons (Fsp3) is 0.571. The Labute approximate surface area is 69.2 Å². The molecule has 0 saturated heterocycles. The van der Waals surface area contributed by atoms with E-state index in [1.54, 1.807) is 7.05 Å². The van der Waals surface area contributed by atoms with Crippen LogP contribution in [0.1, 0.15) is 17.9 Å². The minimum atomic E-state index is -2.51. The van der Waals surface area contributed by atoms with Crippen LogP contribution in [0.2, 0.25) is 0 Å². The Kier molecular flexibility index (Phi) is 2.75. The van der Waals surface area contributed by atoms with Gasteiger partial charge in [0, 0.05) is 25.4 Å². The molecular formula is C7H11F2N3. The number of halogens is 2. The van der Waals surface area contributed by atoms with Crippen LogP contribution in [0.25, 0.3) is 0 Å². The van der Waals surface area contributed by atoms with Crippen molar-refractivity contribution in [2.45, 2.75) is 12.8 Å². The molecule has 1 heterocycles. The highest BCUT2D eigenvalue weighted by molar-refractivity contribution is 5.06. The maximum absolute atomic E-state index is 12.2. The summed E-state index contributed by atoms with van der Waals surface area (Å²) in [6.45, 7) is 0.447. The highest BCUT2D eigenvalue weighted by atomic mass is 19.3. The molecule has 0 spiro atoms. The smallest absolute Gasteiger partial charge is 0.295 e. The number of hydrogen-bond acceptors (Lipinski definition) is 2. The van der Waals surface area contributed by atoms with Crippen LogP contribution in [0.3, 0.4) is 0 Å². The van der Waals surface area contributed by atoms with Crippen molar-refractivity contribution in [1.82, 2.24) is 9.55 Å². The number of nitrogens with two attached hydrogens (primary N) is 1. The molecule has 1 rings (SSSR count). The van der Waals surface area contributed by atoms with E-state index in [-0.39, 0.29) is 5.82 Å². The molecule has 2 N–H and O–H groups in total. The first-order chi connectivity index (χ1) is 5.66. The molecule has 5 heteroatoms. The van der Waals surface area contributed by atoms with Gasteiger partial charge >= 0.3 is 0 Å². The first-order valence-electron chi connectivity index (χ1n) is 3.65. The molecule has 0 aliphatic rings. The Morgan fingerprint density at radius 3 is 2.75 bits per heavy atom. The van der Waals surface area contributed by atoms with Gasteiger partial charge in [0.25, 0.3) is 6.43 Å². The Hall–Kier alpha value is -0.970. The Morgan fingerprint density at radius 1 is 1.67 bits per heavy atom. The van der Waals surface area contributed by atoms with Gasteiger partial charge in [-0.2, -0.15) is 0 Å². The van der Waals surface area contributed by atoms with Crippen molar-refractivity contribution in [2.75, 3.05) is 6.54 Å². The van der Waals surface area contributed by atoms with E-state index in [1.165, 1.54) is 10.8 Å². The van der Waals surface area contributed by atoms with Gasteiger partial charge in [-0.3, -0.25) is 0 Å². The average Bonchev–Trinajstić information content (AvgIpc) is 2.34. The predicted molar refractivity (Wildman–Crippen MR) is 40.9 cm³/mol. The molecule has 12 heavy (non-hydrogen) atoms. The first kappa shape index (κ1) is 9.12. The van der Waals surface area contributed by atoms with E-state index >= 15 is 0 Å². The van der Waals surface area contributed by atoms with Crippen molar-refractivity contribution in [3.05, 3.63) is 17.7 Å². The third-order valence-electron chi connectivity index (χ3n) is 1.72. The molecule has 68 valence electrons. The molecule has 1 aromatic rings. The third-order valence-corrected chi connectivity index (χ3v) is 1.72. The maximum atomic E-state index is 12.2. The fourth-order valence-corrected chi connectivity index (χ4v) is 1.04. The van der Waals surface area contributed by atoms with E-state index in [0.29, 0.717) is 13.0 Å². The number of rotatable bonds is 3. The Morgan fingerprint density at radius 2 is 2.33 bits per heavy atom. The summed E-state index contributed by atoms with van der Waals surface area (Å²) < 4.78 is 25.7. The largest absolute Gasteiger partial charge is 0.330 e. The number of imidazole rings is 1. The molecule has 3 nitrogen and oxygen atoms in total. The lowest BCUT2D eigenvalue weighted by Crippen LogP contribution is -2.08. The maximum Gasteiger partial charge on any atom is 0.295 e. The molecule has 1 aromatic heterocycles. The molecule has 0 radical (unpaired) electrons. The lowest BCUT2D eigenvalue weighted by molar-refractivity contribution is 0.136. The zero-order valence-electron chi connectivity index (χ0n) is 6.80. The molecule has 0 atom stereocenters. The highest BCUT2D eigenvalue weighted by Gasteiger charge is 2.14. The van der Waals surface area contributed by atoms with Gasteiger partial charge in [-0.15, -0.1) is 0 Å². The monoisotopic (exact) mass is 175 g/mol. The summed E-state index contributed by atoms with van der Waals surface area (Å²) >= 11 is 0. The van der Waals surface area contributed by atoms with E-state index in [9.17, 15) is 8.78 Å². The van der Waals surface area contributed by atoms with Crippen molar-refractivity contribution >= 4 is 0 Å². The van der Waals surface area contributed by atoms with Crippen molar-refractivity contribution in [1.29, 1.82) is 0 Å². The normalized spacial score (nSPS) is 11.1. The van der Waals surface area contributed by atoms with E-state index < -0.39 is 6.43 Å². The first-order valence-corrected chi connectivity index (χ1v) is 3.65. The van der Waals surface area contributed by atoms with Gasteiger partial charge in [0.2, 0.25) is 0 Å². The zero-order valence-corrected chi connectivity index (χ0v) is 6.80. The van der Waals surface area contributed by atoms with Crippen LogP contribution < -0.4 is 5.73 Å². The highest BCUT2D eigenvalue weighted by Crippen LogP contribution is 2.17. The molecule has 0 saturated carbocycles. The number of alkyl halides is 2. The zero-order chi connectivity index (χ0) is 9.14. The van der Waals surface area contributed by atoms with Crippen molar-refractivity contribution in [3.8, 4) is 0 Å². The predicted octanol–water partition coefficient (Wildman–Crippen LogP) is 0.859. The summed E-state index contributed by atoms with van der Waals surface area (Å²) in [5.41, 5.74) is 6.03. The lowest BCUT2D eigenvalue weighted by atomic mass is 10.3. The van der Waals surface area contributed by atoms with Gasteiger partial charge in [0.15, 0.2) is 5.82 Å². The number of hydrogen-bond donors (Lipinski definition) is 1. The van der Waals surface area contributed by atoms with E-state index in [2.05, 4.69) is 4.98 Å². The number of aromatic nitrogens is 2. The standard InChI is InChI=1S/C7H11F2N3/c1-12-5(2-3-10)4-11-7(12)6(8)9/h4,6H,2-3,10H2,1H3. The Bertz CT molecular complexity index is 257. The third kappa shape index (κ3) is 1.61. The summed E-state index contributed by atoms with van der Waals surface area (Å²) in [6, 6.07) is 0. The van der Waals surface area contributed by atoms with Crippen LogP contribution in [0, 0.1) is 0 Å².